The molecule has 139 heavy (non-hydrogen) atoms. The molecule has 0 radical (unpaired) electrons. The van der Waals surface area contributed by atoms with Gasteiger partial charge < -0.3 is 0 Å². The first-order valence-electron chi connectivity index (χ1n) is 47.6. The Morgan fingerprint density at radius 1 is 0.129 bits per heavy atom. The van der Waals surface area contributed by atoms with Gasteiger partial charge in [-0.3, -0.25) is 0 Å². The van der Waals surface area contributed by atoms with Crippen LogP contribution in [0, 0.1) is 0 Å². The fourth-order valence-electron chi connectivity index (χ4n) is 21.4. The van der Waals surface area contributed by atoms with Gasteiger partial charge in [0, 0.05) is 66.3 Å². The third kappa shape index (κ3) is 15.4. The van der Waals surface area contributed by atoms with E-state index in [1.54, 1.807) is 0 Å². The van der Waals surface area contributed by atoms with Crippen molar-refractivity contribution in [3.63, 3.8) is 0 Å². The van der Waals surface area contributed by atoms with Crippen LogP contribution in [0.5, 0.6) is 0 Å². The van der Waals surface area contributed by atoms with E-state index in [9.17, 15) is 0 Å². The summed E-state index contributed by atoms with van der Waals surface area (Å²) < 4.78 is 0. The predicted octanol–water partition coefficient (Wildman–Crippen LogP) is 32.8. The van der Waals surface area contributed by atoms with Crippen LogP contribution in [0.4, 0.5) is 0 Å². The molecule has 0 N–H and O–H groups in total. The number of aromatic nitrogens is 9. The van der Waals surface area contributed by atoms with Crippen molar-refractivity contribution in [2.24, 2.45) is 0 Å². The van der Waals surface area contributed by atoms with Gasteiger partial charge in [0.15, 0.2) is 52.4 Å². The van der Waals surface area contributed by atoms with Crippen LogP contribution in [0.15, 0.2) is 455 Å². The number of benzene rings is 20. The zero-order valence-corrected chi connectivity index (χ0v) is 77.8. The first-order chi connectivity index (χ1) is 68.1. The Hall–Kier alpha value is -17.5. The first kappa shape index (κ1) is 84.5. The van der Waals surface area contributed by atoms with Gasteiger partial charge in [-0.25, -0.2) is 44.9 Å². The van der Waals surface area contributed by atoms with Crippen LogP contribution in [0.1, 0.15) is 74.9 Å². The topological polar surface area (TPSA) is 116 Å². The molecule has 3 heterocycles. The minimum atomic E-state index is -0.187. The van der Waals surface area contributed by atoms with E-state index in [1.807, 2.05) is 146 Å². The first-order valence-corrected chi connectivity index (χ1v) is 47.6. The van der Waals surface area contributed by atoms with Crippen LogP contribution in [-0.2, 0) is 16.2 Å². The molecular formula is C130H93N9. The van der Waals surface area contributed by atoms with Gasteiger partial charge in [0.05, 0.1) is 0 Å². The zero-order valence-electron chi connectivity index (χ0n) is 77.8. The summed E-state index contributed by atoms with van der Waals surface area (Å²) in [7, 11) is 0. The Balaban J connectivity index is 0.000000114. The molecule has 0 atom stereocenters. The highest BCUT2D eigenvalue weighted by Crippen LogP contribution is 2.57. The van der Waals surface area contributed by atoms with Crippen molar-refractivity contribution in [3.05, 3.63) is 488 Å². The maximum atomic E-state index is 5.14. The van der Waals surface area contributed by atoms with Gasteiger partial charge in [-0.1, -0.05) is 466 Å². The van der Waals surface area contributed by atoms with E-state index in [-0.39, 0.29) is 16.2 Å². The molecule has 0 fully saturated rings. The standard InChI is InChI=1S/C46H33N3.C44H31N3.C40H29N3/c1-46(2)41-29-35(31-15-8-4-9-16-31)25-26-37(41)39-28-27-36-38(42(39)46)19-12-20-40(36)45-48-43(33-17-10-5-11-18-33)47-44(49-45)34-23-21-32(22-24-34)30-13-6-3-7-14-30;1-44(2)39-25-23-32(35-19-11-17-28-12-9-10-18-34(28)35)26-38(39)36-24-22-29-20-21-33(27-37(29)40(36)44)43-46-41(30-13-5-3-6-14-30)45-42(47-43)31-15-7-4-8-16-31;1-40(2)35-23-20-29(26-12-6-3-7-13-26)25-34(35)33-22-18-30-24-31(19-21-32(30)36(33)40)39-42-37(27-14-8-4-9-15-27)41-38(43-39)28-16-10-5-11-17-28/h3-29H,1-2H3;3-27H,1-2H3;3-25H,1-2H3. The van der Waals surface area contributed by atoms with Crippen molar-refractivity contribution in [2.75, 3.05) is 0 Å². The number of fused-ring (bicyclic) bond motifs is 16. The molecule has 0 saturated carbocycles. The summed E-state index contributed by atoms with van der Waals surface area (Å²) in [6.07, 6.45) is 0. The third-order valence-electron chi connectivity index (χ3n) is 28.3. The Morgan fingerprint density at radius 2 is 0.417 bits per heavy atom. The summed E-state index contributed by atoms with van der Waals surface area (Å²) in [5, 5.41) is 9.80. The minimum Gasteiger partial charge on any atom is -0.208 e. The molecule has 0 saturated heterocycles. The minimum absolute atomic E-state index is 0.116. The maximum Gasteiger partial charge on any atom is 0.164 e. The molecule has 658 valence electrons. The summed E-state index contributed by atoms with van der Waals surface area (Å²) >= 11 is 0. The van der Waals surface area contributed by atoms with Crippen molar-refractivity contribution in [1.82, 2.24) is 44.9 Å². The van der Waals surface area contributed by atoms with Crippen molar-refractivity contribution in [3.8, 4) is 180 Å². The van der Waals surface area contributed by atoms with E-state index in [0.29, 0.717) is 52.4 Å². The van der Waals surface area contributed by atoms with Crippen LogP contribution in [-0.4, -0.2) is 44.9 Å². The molecule has 23 aromatic rings. The van der Waals surface area contributed by atoms with Crippen molar-refractivity contribution in [1.29, 1.82) is 0 Å². The van der Waals surface area contributed by atoms with Crippen molar-refractivity contribution in [2.45, 2.75) is 57.8 Å². The van der Waals surface area contributed by atoms with Crippen molar-refractivity contribution >= 4 is 43.1 Å². The molecule has 0 spiro atoms. The molecule has 9 nitrogen and oxygen atoms in total. The molecule has 9 heteroatoms. The van der Waals surface area contributed by atoms with E-state index in [2.05, 4.69) is 351 Å². The Kier molecular flexibility index (Phi) is 21.1. The normalized spacial score (nSPS) is 13.0. The highest BCUT2D eigenvalue weighted by molar-refractivity contribution is 6.06. The highest BCUT2D eigenvalue weighted by Gasteiger charge is 2.41. The zero-order chi connectivity index (χ0) is 93.5. The van der Waals surface area contributed by atoms with E-state index < -0.39 is 0 Å². The lowest BCUT2D eigenvalue weighted by molar-refractivity contribution is 0.666. The quantitative estimate of drug-likeness (QED) is 0.111. The summed E-state index contributed by atoms with van der Waals surface area (Å²) in [6, 6.07) is 160. The second-order valence-corrected chi connectivity index (χ2v) is 37.8. The number of rotatable bonds is 13. The molecule has 0 aliphatic heterocycles. The summed E-state index contributed by atoms with van der Waals surface area (Å²) in [4.78, 5) is 45.0. The van der Waals surface area contributed by atoms with Crippen LogP contribution < -0.4 is 0 Å². The SMILES string of the molecule is CC1(C)c2cc(-c3ccccc3)ccc2-c2ccc3c(-c4nc(-c5ccccc5)nc(-c5ccc(-c6ccccc6)cc5)n4)cccc3c21.CC1(C)c2ccc(-c3cccc4ccccc34)cc2-c2ccc3ccc(-c4nc(-c5ccccc5)nc(-c5ccccc5)n4)cc3c21.CC1(C)c2ccc(-c3ccccc3)cc2-c2ccc3cc(-c4nc(-c5ccccc5)nc(-c5ccccc5)n4)ccc3c21. The molecule has 3 aliphatic carbocycles. The Labute approximate surface area is 808 Å². The molecule has 20 aromatic carbocycles. The highest BCUT2D eigenvalue weighted by atomic mass is 15.1. The van der Waals surface area contributed by atoms with E-state index in [1.165, 1.54) is 143 Å². The predicted molar refractivity (Wildman–Crippen MR) is 573 cm³/mol. The molecule has 0 amide bonds. The van der Waals surface area contributed by atoms with E-state index in [0.717, 1.165) is 61.0 Å². The van der Waals surface area contributed by atoms with E-state index >= 15 is 0 Å². The fourth-order valence-corrected chi connectivity index (χ4v) is 21.4. The lowest BCUT2D eigenvalue weighted by atomic mass is 9.79. The monoisotopic (exact) mass is 1780 g/mol. The van der Waals surface area contributed by atoms with Gasteiger partial charge in [-0.2, -0.15) is 0 Å². The Morgan fingerprint density at radius 3 is 0.928 bits per heavy atom. The van der Waals surface area contributed by atoms with Gasteiger partial charge in [0.25, 0.3) is 0 Å². The number of nitrogens with zero attached hydrogens (tertiary/aromatic N) is 9. The van der Waals surface area contributed by atoms with Gasteiger partial charge in [0.2, 0.25) is 0 Å². The van der Waals surface area contributed by atoms with Crippen molar-refractivity contribution < 1.29 is 0 Å². The van der Waals surface area contributed by atoms with Gasteiger partial charge in [-0.05, 0) is 185 Å². The average Bonchev–Trinajstić information content (AvgIpc) is 1.56. The third-order valence-corrected chi connectivity index (χ3v) is 28.3. The van der Waals surface area contributed by atoms with Crippen LogP contribution in [0.25, 0.3) is 223 Å². The largest absolute Gasteiger partial charge is 0.208 e. The van der Waals surface area contributed by atoms with Crippen LogP contribution in [0.2, 0.25) is 0 Å². The summed E-state index contributed by atoms with van der Waals surface area (Å²) in [5.74, 6) is 6.00. The molecule has 3 aromatic heterocycles. The lowest BCUT2D eigenvalue weighted by Gasteiger charge is -2.24. The smallest absolute Gasteiger partial charge is 0.164 e. The van der Waals surface area contributed by atoms with Gasteiger partial charge in [0.1, 0.15) is 0 Å². The molecule has 0 unspecified atom stereocenters. The second-order valence-electron chi connectivity index (χ2n) is 37.8. The molecule has 0 bridgehead atoms. The number of hydrogen-bond donors (Lipinski definition) is 0. The second kappa shape index (κ2) is 34.7. The number of hydrogen-bond acceptors (Lipinski definition) is 9. The van der Waals surface area contributed by atoms with Crippen LogP contribution >= 0.6 is 0 Å². The summed E-state index contributed by atoms with van der Waals surface area (Å²) in [5.41, 5.74) is 34.1. The maximum absolute atomic E-state index is 5.14. The van der Waals surface area contributed by atoms with Gasteiger partial charge in [-0.15, -0.1) is 0 Å². The molecular weight excluding hydrogens is 1690 g/mol. The Bertz CT molecular complexity index is 8590. The molecule has 26 rings (SSSR count). The van der Waals surface area contributed by atoms with E-state index in [4.69, 9.17) is 44.9 Å². The van der Waals surface area contributed by atoms with Gasteiger partial charge >= 0.3 is 0 Å². The lowest BCUT2D eigenvalue weighted by Crippen LogP contribution is -2.15. The summed E-state index contributed by atoms with van der Waals surface area (Å²) in [6.45, 7) is 14.1. The average molecular weight is 1780 g/mol. The fraction of sp³-hybridized carbons (Fsp3) is 0.0692. The van der Waals surface area contributed by atoms with Crippen LogP contribution in [0.3, 0.4) is 0 Å². The molecule has 3 aliphatic rings.